The van der Waals surface area contributed by atoms with Gasteiger partial charge in [0.15, 0.2) is 0 Å². The summed E-state index contributed by atoms with van der Waals surface area (Å²) in [7, 11) is 0. The van der Waals surface area contributed by atoms with E-state index in [-0.39, 0.29) is 23.9 Å². The lowest BCUT2D eigenvalue weighted by atomic mass is 10.1. The quantitative estimate of drug-likeness (QED) is 0.530. The van der Waals surface area contributed by atoms with Crippen LogP contribution in [0.1, 0.15) is 29.2 Å². The fourth-order valence-corrected chi connectivity index (χ4v) is 4.11. The van der Waals surface area contributed by atoms with Gasteiger partial charge < -0.3 is 10.3 Å². The van der Waals surface area contributed by atoms with E-state index in [1.54, 1.807) is 18.3 Å². The maximum Gasteiger partial charge on any atom is 0.255 e. The Hall–Kier alpha value is -3.32. The summed E-state index contributed by atoms with van der Waals surface area (Å²) in [5, 5.41) is 3.77. The summed E-state index contributed by atoms with van der Waals surface area (Å²) in [5.41, 5.74) is 2.38. The number of amides is 1. The van der Waals surface area contributed by atoms with Crippen LogP contribution in [0.15, 0.2) is 59.4 Å². The van der Waals surface area contributed by atoms with Gasteiger partial charge in [-0.05, 0) is 26.0 Å². The highest BCUT2D eigenvalue weighted by molar-refractivity contribution is 7.18. The molecule has 0 bridgehead atoms. The number of fused-ring (bicyclic) bond motifs is 1. The van der Waals surface area contributed by atoms with Gasteiger partial charge in [-0.2, -0.15) is 0 Å². The smallest absolute Gasteiger partial charge is 0.255 e. The largest absolute Gasteiger partial charge is 0.347 e. The van der Waals surface area contributed by atoms with Crippen LogP contribution < -0.4 is 10.9 Å². The molecule has 4 rings (SSSR count). The van der Waals surface area contributed by atoms with E-state index in [1.165, 1.54) is 0 Å². The van der Waals surface area contributed by atoms with Gasteiger partial charge in [-0.3, -0.25) is 9.59 Å². The van der Waals surface area contributed by atoms with Crippen LogP contribution in [0.3, 0.4) is 0 Å². The standard InChI is InChI=1S/C22H20N4O2S/c1-13-16(21(28)26-20(24-13)15-8-4-3-5-9-15)12-19(27)23-14(2)22-25-17-10-6-7-11-18(17)29-22/h3-11,14H,12H2,1-2H3,(H,23,27)(H,24,26,28)/t14-/m0/s1. The Morgan fingerprint density at radius 2 is 1.83 bits per heavy atom. The summed E-state index contributed by atoms with van der Waals surface area (Å²) >= 11 is 1.55. The molecule has 1 atom stereocenters. The molecule has 0 saturated carbocycles. The third kappa shape index (κ3) is 4.09. The molecule has 0 fully saturated rings. The van der Waals surface area contributed by atoms with Crippen LogP contribution in [-0.4, -0.2) is 20.9 Å². The SMILES string of the molecule is Cc1nc(-c2ccccc2)[nH]c(=O)c1CC(=O)N[C@@H](C)c1nc2ccccc2s1. The van der Waals surface area contributed by atoms with Gasteiger partial charge >= 0.3 is 0 Å². The van der Waals surface area contributed by atoms with Crippen molar-refractivity contribution in [3.63, 3.8) is 0 Å². The highest BCUT2D eigenvalue weighted by Crippen LogP contribution is 2.26. The zero-order valence-electron chi connectivity index (χ0n) is 16.1. The first-order valence-electron chi connectivity index (χ1n) is 9.31. The number of nitrogens with zero attached hydrogens (tertiary/aromatic N) is 2. The number of rotatable bonds is 5. The topological polar surface area (TPSA) is 87.7 Å². The van der Waals surface area contributed by atoms with Crippen molar-refractivity contribution >= 4 is 27.5 Å². The predicted octanol–water partition coefficient (Wildman–Crippen LogP) is 3.77. The van der Waals surface area contributed by atoms with Crippen molar-refractivity contribution in [3.05, 3.63) is 81.2 Å². The van der Waals surface area contributed by atoms with Gasteiger partial charge in [0.05, 0.1) is 22.7 Å². The van der Waals surface area contributed by atoms with Crippen LogP contribution in [-0.2, 0) is 11.2 Å². The number of hydrogen-bond acceptors (Lipinski definition) is 5. The number of aromatic nitrogens is 3. The lowest BCUT2D eigenvalue weighted by Gasteiger charge is -2.12. The van der Waals surface area contributed by atoms with Crippen LogP contribution in [0.25, 0.3) is 21.6 Å². The first-order valence-corrected chi connectivity index (χ1v) is 10.1. The number of para-hydroxylation sites is 1. The summed E-state index contributed by atoms with van der Waals surface area (Å²) in [6.45, 7) is 3.64. The number of hydrogen-bond donors (Lipinski definition) is 2. The molecule has 2 heterocycles. The Bertz CT molecular complexity index is 1200. The second-order valence-electron chi connectivity index (χ2n) is 6.83. The number of benzene rings is 2. The molecular formula is C22H20N4O2S. The van der Waals surface area contributed by atoms with Crippen molar-refractivity contribution in [3.8, 4) is 11.4 Å². The molecule has 7 heteroatoms. The molecular weight excluding hydrogens is 384 g/mol. The Morgan fingerprint density at radius 1 is 1.10 bits per heavy atom. The van der Waals surface area contributed by atoms with Gasteiger partial charge in [0, 0.05) is 16.8 Å². The van der Waals surface area contributed by atoms with Crippen molar-refractivity contribution in [2.24, 2.45) is 0 Å². The van der Waals surface area contributed by atoms with Crippen LogP contribution >= 0.6 is 11.3 Å². The first-order chi connectivity index (χ1) is 14.0. The lowest BCUT2D eigenvalue weighted by Crippen LogP contribution is -2.31. The molecule has 0 aliphatic rings. The molecule has 0 saturated heterocycles. The van der Waals surface area contributed by atoms with E-state index in [2.05, 4.69) is 20.3 Å². The van der Waals surface area contributed by atoms with Gasteiger partial charge in [0.1, 0.15) is 10.8 Å². The van der Waals surface area contributed by atoms with Gasteiger partial charge in [-0.1, -0.05) is 42.5 Å². The van der Waals surface area contributed by atoms with E-state index in [4.69, 9.17) is 0 Å². The molecule has 2 aromatic carbocycles. The molecule has 0 aliphatic carbocycles. The van der Waals surface area contributed by atoms with E-state index < -0.39 is 0 Å². The number of carbonyl (C=O) groups excluding carboxylic acids is 1. The third-order valence-corrected chi connectivity index (χ3v) is 5.88. The minimum absolute atomic E-state index is 0.0293. The normalized spacial score (nSPS) is 12.1. The van der Waals surface area contributed by atoms with Crippen molar-refractivity contribution in [2.75, 3.05) is 0 Å². The van der Waals surface area contributed by atoms with Crippen molar-refractivity contribution in [2.45, 2.75) is 26.3 Å². The second-order valence-corrected chi connectivity index (χ2v) is 7.89. The fraction of sp³-hybridized carbons (Fsp3) is 0.182. The number of aromatic amines is 1. The molecule has 29 heavy (non-hydrogen) atoms. The van der Waals surface area contributed by atoms with E-state index in [0.29, 0.717) is 17.1 Å². The summed E-state index contributed by atoms with van der Waals surface area (Å²) in [5.74, 6) is 0.264. The van der Waals surface area contributed by atoms with Crippen LogP contribution in [0.2, 0.25) is 0 Å². The highest BCUT2D eigenvalue weighted by atomic mass is 32.1. The predicted molar refractivity (Wildman–Crippen MR) is 115 cm³/mol. The molecule has 6 nitrogen and oxygen atoms in total. The number of aryl methyl sites for hydroxylation is 1. The van der Waals surface area contributed by atoms with Crippen LogP contribution in [0.5, 0.6) is 0 Å². The molecule has 146 valence electrons. The molecule has 0 unspecified atom stereocenters. The number of H-pyrrole nitrogens is 1. The van der Waals surface area contributed by atoms with Gasteiger partial charge in [0.25, 0.3) is 5.56 Å². The minimum atomic E-state index is -0.292. The van der Waals surface area contributed by atoms with E-state index >= 15 is 0 Å². The lowest BCUT2D eigenvalue weighted by molar-refractivity contribution is -0.121. The summed E-state index contributed by atoms with van der Waals surface area (Å²) < 4.78 is 1.08. The zero-order valence-corrected chi connectivity index (χ0v) is 16.9. The van der Waals surface area contributed by atoms with Gasteiger partial charge in [-0.25, -0.2) is 9.97 Å². The maximum atomic E-state index is 12.6. The molecule has 2 aromatic heterocycles. The Balaban J connectivity index is 1.50. The summed E-state index contributed by atoms with van der Waals surface area (Å²) in [4.78, 5) is 37.0. The van der Waals surface area contributed by atoms with Gasteiger partial charge in [0.2, 0.25) is 5.91 Å². The van der Waals surface area contributed by atoms with E-state index in [9.17, 15) is 9.59 Å². The maximum absolute atomic E-state index is 12.6. The molecule has 0 radical (unpaired) electrons. The van der Waals surface area contributed by atoms with Crippen molar-refractivity contribution in [1.82, 2.24) is 20.3 Å². The minimum Gasteiger partial charge on any atom is -0.347 e. The molecule has 2 N–H and O–H groups in total. The Kier molecular flexibility index (Phi) is 5.22. The zero-order chi connectivity index (χ0) is 20.4. The number of thiazole rings is 1. The molecule has 0 aliphatic heterocycles. The van der Waals surface area contributed by atoms with Crippen LogP contribution in [0.4, 0.5) is 0 Å². The van der Waals surface area contributed by atoms with Crippen molar-refractivity contribution < 1.29 is 4.79 Å². The number of carbonyl (C=O) groups is 1. The average molecular weight is 404 g/mol. The van der Waals surface area contributed by atoms with E-state index in [0.717, 1.165) is 20.8 Å². The van der Waals surface area contributed by atoms with Crippen molar-refractivity contribution in [1.29, 1.82) is 0 Å². The molecule has 0 spiro atoms. The summed E-state index contributed by atoms with van der Waals surface area (Å²) in [6.07, 6.45) is -0.0293. The Morgan fingerprint density at radius 3 is 2.55 bits per heavy atom. The van der Waals surface area contributed by atoms with Crippen LogP contribution in [0, 0.1) is 6.92 Å². The third-order valence-electron chi connectivity index (χ3n) is 4.67. The molecule has 1 amide bonds. The second kappa shape index (κ2) is 7.97. The average Bonchev–Trinajstić information content (AvgIpc) is 3.16. The highest BCUT2D eigenvalue weighted by Gasteiger charge is 2.17. The summed E-state index contributed by atoms with van der Waals surface area (Å²) in [6, 6.07) is 17.1. The first kappa shape index (κ1) is 19.0. The fourth-order valence-electron chi connectivity index (χ4n) is 3.14. The Labute approximate surface area is 171 Å². The molecule has 4 aromatic rings. The monoisotopic (exact) mass is 404 g/mol. The number of nitrogens with one attached hydrogen (secondary N) is 2. The van der Waals surface area contributed by atoms with E-state index in [1.807, 2.05) is 61.5 Å². The van der Waals surface area contributed by atoms with Gasteiger partial charge in [-0.15, -0.1) is 11.3 Å².